The summed E-state index contributed by atoms with van der Waals surface area (Å²) in [4.78, 5) is 11.6. The smallest absolute Gasteiger partial charge is 0.261 e. The number of ether oxygens (including phenoxy) is 1. The molecule has 0 aliphatic heterocycles. The largest absolute Gasteiger partial charge is 0.484 e. The maximum atomic E-state index is 11.6. The predicted octanol–water partition coefficient (Wildman–Crippen LogP) is 2.15. The predicted molar refractivity (Wildman–Crippen MR) is 77.4 cm³/mol. The van der Waals surface area contributed by atoms with Crippen LogP contribution in [-0.2, 0) is 13.8 Å². The van der Waals surface area contributed by atoms with Crippen LogP contribution in [0.15, 0.2) is 29.2 Å². The molecular formula is C13H18ClNO4S. The van der Waals surface area contributed by atoms with Gasteiger partial charge in [0, 0.05) is 16.7 Å². The normalized spacial score (nSPS) is 13.1. The first-order chi connectivity index (χ1) is 9.20. The van der Waals surface area contributed by atoms with Gasteiger partial charge in [-0.15, -0.1) is 0 Å². The van der Waals surface area contributed by atoms with Crippen molar-refractivity contribution in [1.82, 2.24) is 5.32 Å². The minimum absolute atomic E-state index is 0.00982. The maximum Gasteiger partial charge on any atom is 0.261 e. The van der Waals surface area contributed by atoms with Gasteiger partial charge in [0.2, 0.25) is 0 Å². The molecule has 0 aliphatic carbocycles. The van der Waals surface area contributed by atoms with Crippen LogP contribution in [0.2, 0.25) is 0 Å². The minimum Gasteiger partial charge on any atom is -0.484 e. The van der Waals surface area contributed by atoms with Gasteiger partial charge in [-0.1, -0.05) is 13.8 Å². The molecule has 0 saturated carbocycles. The standard InChI is InChI=1S/C13H18ClNO4S/c1-9(2)10(3)15-13(16)8-19-11-4-6-12(7-5-11)20(14,17)18/h4-7,9-10H,8H2,1-3H3,(H,15,16). The zero-order valence-corrected chi connectivity index (χ0v) is 13.2. The summed E-state index contributed by atoms with van der Waals surface area (Å²) in [5.74, 6) is 0.522. The van der Waals surface area contributed by atoms with E-state index in [-0.39, 0.29) is 23.5 Å². The van der Waals surface area contributed by atoms with Crippen molar-refractivity contribution in [3.63, 3.8) is 0 Å². The van der Waals surface area contributed by atoms with Crippen molar-refractivity contribution < 1.29 is 17.9 Å². The van der Waals surface area contributed by atoms with Gasteiger partial charge in [-0.25, -0.2) is 8.42 Å². The van der Waals surface area contributed by atoms with E-state index in [0.717, 1.165) is 0 Å². The highest BCUT2D eigenvalue weighted by Gasteiger charge is 2.12. The SMILES string of the molecule is CC(C)C(C)NC(=O)COc1ccc(S(=O)(=O)Cl)cc1. The molecule has 1 atom stereocenters. The van der Waals surface area contributed by atoms with Crippen molar-refractivity contribution in [3.05, 3.63) is 24.3 Å². The molecule has 1 amide bonds. The van der Waals surface area contributed by atoms with Gasteiger partial charge in [-0.05, 0) is 37.1 Å². The average molecular weight is 320 g/mol. The first-order valence-corrected chi connectivity index (χ1v) is 8.48. The summed E-state index contributed by atoms with van der Waals surface area (Å²) >= 11 is 0. The molecule has 20 heavy (non-hydrogen) atoms. The highest BCUT2D eigenvalue weighted by Crippen LogP contribution is 2.18. The topological polar surface area (TPSA) is 72.5 Å². The molecule has 0 aliphatic rings. The van der Waals surface area contributed by atoms with E-state index in [1.807, 2.05) is 20.8 Å². The van der Waals surface area contributed by atoms with Gasteiger partial charge in [-0.3, -0.25) is 4.79 Å². The molecule has 0 spiro atoms. The molecule has 0 radical (unpaired) electrons. The molecule has 0 fully saturated rings. The molecule has 1 rings (SSSR count). The monoisotopic (exact) mass is 319 g/mol. The first-order valence-electron chi connectivity index (χ1n) is 6.17. The minimum atomic E-state index is -3.74. The summed E-state index contributed by atoms with van der Waals surface area (Å²) in [5.41, 5.74) is 0. The Morgan fingerprint density at radius 3 is 2.25 bits per heavy atom. The third-order valence-corrected chi connectivity index (χ3v) is 4.23. The number of hydrogen-bond acceptors (Lipinski definition) is 4. The lowest BCUT2D eigenvalue weighted by molar-refractivity contribution is -0.124. The maximum absolute atomic E-state index is 11.6. The Hall–Kier alpha value is -1.27. The van der Waals surface area contributed by atoms with Crippen LogP contribution in [0, 0.1) is 5.92 Å². The fourth-order valence-electron chi connectivity index (χ4n) is 1.31. The molecule has 7 heteroatoms. The van der Waals surface area contributed by atoms with E-state index in [0.29, 0.717) is 11.7 Å². The van der Waals surface area contributed by atoms with Crippen LogP contribution in [0.4, 0.5) is 0 Å². The van der Waals surface area contributed by atoms with Gasteiger partial charge < -0.3 is 10.1 Å². The third kappa shape index (κ3) is 5.38. The fourth-order valence-corrected chi connectivity index (χ4v) is 2.08. The number of halogens is 1. The fraction of sp³-hybridized carbons (Fsp3) is 0.462. The van der Waals surface area contributed by atoms with E-state index >= 15 is 0 Å². The van der Waals surface area contributed by atoms with Gasteiger partial charge in [-0.2, -0.15) is 0 Å². The molecule has 1 unspecified atom stereocenters. The second-order valence-corrected chi connectivity index (χ2v) is 7.36. The van der Waals surface area contributed by atoms with Crippen molar-refractivity contribution in [2.75, 3.05) is 6.61 Å². The quantitative estimate of drug-likeness (QED) is 0.815. The number of nitrogens with one attached hydrogen (secondary N) is 1. The molecule has 0 aromatic heterocycles. The Morgan fingerprint density at radius 1 is 1.25 bits per heavy atom. The number of amides is 1. The van der Waals surface area contributed by atoms with Crippen LogP contribution in [0.1, 0.15) is 20.8 Å². The van der Waals surface area contributed by atoms with Crippen molar-refractivity contribution >= 4 is 25.6 Å². The second kappa shape index (κ2) is 6.95. The number of carbonyl (C=O) groups excluding carboxylic acids is 1. The Bertz CT molecular complexity index is 554. The lowest BCUT2D eigenvalue weighted by Gasteiger charge is -2.17. The van der Waals surface area contributed by atoms with E-state index < -0.39 is 9.05 Å². The number of benzene rings is 1. The second-order valence-electron chi connectivity index (χ2n) is 4.80. The summed E-state index contributed by atoms with van der Waals surface area (Å²) in [6.07, 6.45) is 0. The molecule has 112 valence electrons. The average Bonchev–Trinajstić information content (AvgIpc) is 2.35. The number of rotatable bonds is 6. The summed E-state index contributed by atoms with van der Waals surface area (Å²) in [7, 11) is 1.45. The van der Waals surface area contributed by atoms with Gasteiger partial charge >= 0.3 is 0 Å². The molecule has 0 saturated heterocycles. The van der Waals surface area contributed by atoms with Crippen LogP contribution in [-0.4, -0.2) is 27.0 Å². The van der Waals surface area contributed by atoms with Crippen molar-refractivity contribution in [1.29, 1.82) is 0 Å². The van der Waals surface area contributed by atoms with Gasteiger partial charge in [0.05, 0.1) is 4.90 Å². The van der Waals surface area contributed by atoms with Crippen molar-refractivity contribution in [2.45, 2.75) is 31.7 Å². The number of hydrogen-bond donors (Lipinski definition) is 1. The Labute approximate surface area is 123 Å². The van der Waals surface area contributed by atoms with E-state index in [4.69, 9.17) is 15.4 Å². The van der Waals surface area contributed by atoms with Crippen LogP contribution in [0.25, 0.3) is 0 Å². The van der Waals surface area contributed by atoms with Crippen molar-refractivity contribution in [3.8, 4) is 5.75 Å². The molecule has 1 aromatic rings. The van der Waals surface area contributed by atoms with Crippen LogP contribution >= 0.6 is 10.7 Å². The zero-order valence-electron chi connectivity index (χ0n) is 11.6. The highest BCUT2D eigenvalue weighted by atomic mass is 35.7. The Morgan fingerprint density at radius 2 is 1.80 bits per heavy atom. The van der Waals surface area contributed by atoms with Gasteiger partial charge in [0.1, 0.15) is 5.75 Å². The highest BCUT2D eigenvalue weighted by molar-refractivity contribution is 8.13. The first kappa shape index (κ1) is 16.8. The third-order valence-electron chi connectivity index (χ3n) is 2.86. The van der Waals surface area contributed by atoms with E-state index in [2.05, 4.69) is 5.32 Å². The van der Waals surface area contributed by atoms with Crippen molar-refractivity contribution in [2.24, 2.45) is 5.92 Å². The number of carbonyl (C=O) groups is 1. The molecule has 5 nitrogen and oxygen atoms in total. The molecule has 1 aromatic carbocycles. The zero-order chi connectivity index (χ0) is 15.3. The van der Waals surface area contributed by atoms with Crippen LogP contribution < -0.4 is 10.1 Å². The molecule has 0 heterocycles. The van der Waals surface area contributed by atoms with E-state index in [1.54, 1.807) is 0 Å². The summed E-state index contributed by atoms with van der Waals surface area (Å²) < 4.78 is 27.4. The van der Waals surface area contributed by atoms with Crippen LogP contribution in [0.3, 0.4) is 0 Å². The van der Waals surface area contributed by atoms with Crippen LogP contribution in [0.5, 0.6) is 5.75 Å². The molecule has 1 N–H and O–H groups in total. The summed E-state index contributed by atoms with van der Waals surface area (Å²) in [6, 6.07) is 5.62. The Balaban J connectivity index is 2.52. The van der Waals surface area contributed by atoms with E-state index in [9.17, 15) is 13.2 Å². The lowest BCUT2D eigenvalue weighted by atomic mass is 10.1. The van der Waals surface area contributed by atoms with Gasteiger partial charge in [0.15, 0.2) is 6.61 Å². The summed E-state index contributed by atoms with van der Waals surface area (Å²) in [6.45, 7) is 5.82. The molecule has 0 bridgehead atoms. The summed E-state index contributed by atoms with van der Waals surface area (Å²) in [5, 5.41) is 2.80. The van der Waals surface area contributed by atoms with Gasteiger partial charge in [0.25, 0.3) is 15.0 Å². The molecular weight excluding hydrogens is 302 g/mol. The van der Waals surface area contributed by atoms with E-state index in [1.165, 1.54) is 24.3 Å². The lowest BCUT2D eigenvalue weighted by Crippen LogP contribution is -2.38. The Kier molecular flexibility index (Phi) is 5.83.